The van der Waals surface area contributed by atoms with E-state index in [0.29, 0.717) is 11.3 Å². The van der Waals surface area contributed by atoms with Gasteiger partial charge in [-0.1, -0.05) is 0 Å². The maximum Gasteiger partial charge on any atom is 0.325 e. The zero-order chi connectivity index (χ0) is 20.2. The number of ether oxygens (including phenoxy) is 2. The molecule has 1 aromatic carbocycles. The van der Waals surface area contributed by atoms with E-state index < -0.39 is 23.6 Å². The van der Waals surface area contributed by atoms with Gasteiger partial charge in [0.1, 0.15) is 11.3 Å². The molecule has 3 amide bonds. The number of urea groups is 1. The number of Topliss-reactive ketones (excluding diaryl/α,β-unsaturated/α-hetero) is 1. The van der Waals surface area contributed by atoms with Crippen LogP contribution in [-0.2, 0) is 14.3 Å². The van der Waals surface area contributed by atoms with Gasteiger partial charge >= 0.3 is 12.0 Å². The van der Waals surface area contributed by atoms with Crippen molar-refractivity contribution in [3.63, 3.8) is 0 Å². The molecule has 1 fully saturated rings. The molecule has 1 aliphatic rings. The Labute approximate surface area is 157 Å². The molecule has 1 heterocycles. The van der Waals surface area contributed by atoms with Crippen LogP contribution in [0.2, 0.25) is 0 Å². The number of benzene rings is 1. The summed E-state index contributed by atoms with van der Waals surface area (Å²) < 4.78 is 10.2. The third kappa shape index (κ3) is 4.84. The summed E-state index contributed by atoms with van der Waals surface area (Å²) in [5.74, 6) is -0.582. The van der Waals surface area contributed by atoms with Gasteiger partial charge in [-0.05, 0) is 51.5 Å². The molecule has 0 unspecified atom stereocenters. The van der Waals surface area contributed by atoms with E-state index in [1.54, 1.807) is 38.1 Å². The fourth-order valence-electron chi connectivity index (χ4n) is 2.70. The highest BCUT2D eigenvalue weighted by Crippen LogP contribution is 2.17. The molecule has 0 aromatic heterocycles. The van der Waals surface area contributed by atoms with Crippen molar-refractivity contribution in [2.45, 2.75) is 45.3 Å². The Kier molecular flexibility index (Phi) is 6.20. The van der Waals surface area contributed by atoms with Crippen molar-refractivity contribution in [1.82, 2.24) is 10.2 Å². The number of nitrogens with zero attached hydrogens (tertiary/aromatic N) is 1. The molecule has 0 aliphatic carbocycles. The molecular formula is C19H24N2O6. The first kappa shape index (κ1) is 20.4. The van der Waals surface area contributed by atoms with Gasteiger partial charge in [0.25, 0.3) is 5.91 Å². The molecular weight excluding hydrogens is 352 g/mol. The van der Waals surface area contributed by atoms with Gasteiger partial charge < -0.3 is 14.8 Å². The number of rotatable bonds is 8. The van der Waals surface area contributed by atoms with Crippen molar-refractivity contribution in [3.05, 3.63) is 29.8 Å². The van der Waals surface area contributed by atoms with Crippen LogP contribution >= 0.6 is 0 Å². The first-order valence-electron chi connectivity index (χ1n) is 8.67. The van der Waals surface area contributed by atoms with Crippen molar-refractivity contribution in [2.24, 2.45) is 0 Å². The third-order valence-electron chi connectivity index (χ3n) is 4.26. The van der Waals surface area contributed by atoms with Gasteiger partial charge in [-0.25, -0.2) is 4.79 Å². The summed E-state index contributed by atoms with van der Waals surface area (Å²) in [6.07, 6.45) is -0.670. The molecule has 0 saturated carbocycles. The minimum absolute atomic E-state index is 0.00226. The molecule has 1 saturated heterocycles. The summed E-state index contributed by atoms with van der Waals surface area (Å²) in [6.45, 7) is 4.86. The van der Waals surface area contributed by atoms with Gasteiger partial charge in [-0.2, -0.15) is 0 Å². The van der Waals surface area contributed by atoms with Crippen molar-refractivity contribution in [1.29, 1.82) is 0 Å². The summed E-state index contributed by atoms with van der Waals surface area (Å²) in [7, 11) is 1.53. The lowest BCUT2D eigenvalue weighted by molar-refractivity contribution is -0.146. The van der Waals surface area contributed by atoms with Crippen molar-refractivity contribution in [2.75, 3.05) is 13.7 Å². The molecule has 0 spiro atoms. The summed E-state index contributed by atoms with van der Waals surface area (Å²) in [4.78, 5) is 49.2. The van der Waals surface area contributed by atoms with Crippen molar-refractivity contribution < 1.29 is 28.7 Å². The average Bonchev–Trinajstić information content (AvgIpc) is 2.82. The first-order valence-corrected chi connectivity index (χ1v) is 8.67. The van der Waals surface area contributed by atoms with E-state index in [4.69, 9.17) is 9.47 Å². The van der Waals surface area contributed by atoms with Gasteiger partial charge in [0.2, 0.25) is 5.78 Å². The van der Waals surface area contributed by atoms with Gasteiger partial charge in [0.05, 0.1) is 7.11 Å². The molecule has 27 heavy (non-hydrogen) atoms. The summed E-state index contributed by atoms with van der Waals surface area (Å²) in [6, 6.07) is 6.04. The second kappa shape index (κ2) is 8.20. The van der Waals surface area contributed by atoms with Gasteiger partial charge in [-0.15, -0.1) is 0 Å². The number of esters is 1. The van der Waals surface area contributed by atoms with Crippen LogP contribution in [0.3, 0.4) is 0 Å². The minimum Gasteiger partial charge on any atom is -0.497 e. The van der Waals surface area contributed by atoms with E-state index in [1.165, 1.54) is 14.0 Å². The number of hydrogen-bond acceptors (Lipinski definition) is 6. The van der Waals surface area contributed by atoms with E-state index in [2.05, 4.69) is 5.32 Å². The number of amides is 3. The van der Waals surface area contributed by atoms with E-state index in [9.17, 15) is 19.2 Å². The molecule has 0 radical (unpaired) electrons. The van der Waals surface area contributed by atoms with Crippen LogP contribution in [0.15, 0.2) is 24.3 Å². The normalized spacial score (nSPS) is 16.7. The molecule has 8 nitrogen and oxygen atoms in total. The number of methoxy groups -OCH3 is 1. The van der Waals surface area contributed by atoms with E-state index in [-0.39, 0.29) is 31.1 Å². The summed E-state index contributed by atoms with van der Waals surface area (Å²) >= 11 is 0. The third-order valence-corrected chi connectivity index (χ3v) is 4.26. The molecule has 1 atom stereocenters. The largest absolute Gasteiger partial charge is 0.497 e. The number of imide groups is 1. The first-order chi connectivity index (χ1) is 12.7. The number of hydrogen-bond donors (Lipinski definition) is 1. The highest BCUT2D eigenvalue weighted by atomic mass is 16.5. The number of ketones is 1. The van der Waals surface area contributed by atoms with Crippen molar-refractivity contribution in [3.8, 4) is 5.75 Å². The molecule has 1 aliphatic heterocycles. The van der Waals surface area contributed by atoms with Gasteiger partial charge in [0, 0.05) is 18.5 Å². The second-order valence-corrected chi connectivity index (χ2v) is 6.84. The quantitative estimate of drug-likeness (QED) is 0.422. The Morgan fingerprint density at radius 2 is 1.81 bits per heavy atom. The molecule has 1 aromatic rings. The fraction of sp³-hybridized carbons (Fsp3) is 0.474. The monoisotopic (exact) mass is 376 g/mol. The maximum atomic E-state index is 12.3. The highest BCUT2D eigenvalue weighted by molar-refractivity contribution is 6.06. The van der Waals surface area contributed by atoms with E-state index in [0.717, 1.165) is 4.90 Å². The minimum atomic E-state index is -0.934. The zero-order valence-corrected chi connectivity index (χ0v) is 15.9. The van der Waals surface area contributed by atoms with Crippen LogP contribution in [0, 0.1) is 0 Å². The van der Waals surface area contributed by atoms with Gasteiger partial charge in [0.15, 0.2) is 6.10 Å². The zero-order valence-electron chi connectivity index (χ0n) is 15.9. The standard InChI is InChI=1S/C19H24N2O6/c1-12(16(23)13-7-9-14(26-4)10-8-13)27-15(22)6-5-11-21-17(24)19(2,3)20-18(21)25/h7-10,12H,5-6,11H2,1-4H3,(H,20,25)/t12-/m1/s1. The fourth-order valence-corrected chi connectivity index (χ4v) is 2.70. The predicted molar refractivity (Wildman–Crippen MR) is 96.4 cm³/mol. The lowest BCUT2D eigenvalue weighted by Crippen LogP contribution is -2.40. The lowest BCUT2D eigenvalue weighted by Gasteiger charge is -2.16. The lowest BCUT2D eigenvalue weighted by atomic mass is 10.1. The SMILES string of the molecule is COc1ccc(C(=O)[C@@H](C)OC(=O)CCCN2C(=O)NC(C)(C)C2=O)cc1. The topological polar surface area (TPSA) is 102 Å². The number of carbonyl (C=O) groups is 4. The maximum absolute atomic E-state index is 12.3. The molecule has 0 bridgehead atoms. The molecule has 8 heteroatoms. The van der Waals surface area contributed by atoms with Crippen LogP contribution < -0.4 is 10.1 Å². The van der Waals surface area contributed by atoms with E-state index in [1.807, 2.05) is 0 Å². The number of carbonyl (C=O) groups excluding carboxylic acids is 4. The molecule has 1 N–H and O–H groups in total. The smallest absolute Gasteiger partial charge is 0.325 e. The molecule has 2 rings (SSSR count). The average molecular weight is 376 g/mol. The Hall–Kier alpha value is -2.90. The van der Waals surface area contributed by atoms with Crippen LogP contribution in [0.4, 0.5) is 4.79 Å². The molecule has 146 valence electrons. The van der Waals surface area contributed by atoms with Crippen LogP contribution in [0.5, 0.6) is 5.75 Å². The Morgan fingerprint density at radius 3 is 2.33 bits per heavy atom. The van der Waals surface area contributed by atoms with Gasteiger partial charge in [-0.3, -0.25) is 19.3 Å². The van der Waals surface area contributed by atoms with Crippen LogP contribution in [-0.4, -0.2) is 53.9 Å². The Bertz CT molecular complexity index is 741. The predicted octanol–water partition coefficient (Wildman–Crippen LogP) is 1.92. The Morgan fingerprint density at radius 1 is 1.19 bits per heavy atom. The van der Waals surface area contributed by atoms with Crippen LogP contribution in [0.25, 0.3) is 0 Å². The van der Waals surface area contributed by atoms with E-state index >= 15 is 0 Å². The highest BCUT2D eigenvalue weighted by Gasteiger charge is 2.43. The Balaban J connectivity index is 1.80. The second-order valence-electron chi connectivity index (χ2n) is 6.84. The van der Waals surface area contributed by atoms with Crippen LogP contribution in [0.1, 0.15) is 44.0 Å². The summed E-state index contributed by atoms with van der Waals surface area (Å²) in [5.41, 5.74) is -0.519. The number of nitrogens with one attached hydrogen (secondary N) is 1. The summed E-state index contributed by atoms with van der Waals surface area (Å²) in [5, 5.41) is 2.57. The van der Waals surface area contributed by atoms with Crippen molar-refractivity contribution >= 4 is 23.7 Å².